The number of benzene rings is 2. The zero-order chi connectivity index (χ0) is 30.5. The minimum absolute atomic E-state index is 0.0307. The fourth-order valence-electron chi connectivity index (χ4n) is 5.63. The Hall–Kier alpha value is -4.93. The lowest BCUT2D eigenvalue weighted by molar-refractivity contribution is 0.167. The molecule has 0 bridgehead atoms. The van der Waals surface area contributed by atoms with Gasteiger partial charge in [0.2, 0.25) is 0 Å². The number of oxime groups is 1. The summed E-state index contributed by atoms with van der Waals surface area (Å²) in [5.41, 5.74) is 5.24. The van der Waals surface area contributed by atoms with E-state index in [1.807, 2.05) is 42.5 Å². The van der Waals surface area contributed by atoms with E-state index < -0.39 is 11.2 Å². The Morgan fingerprint density at radius 1 is 1.02 bits per heavy atom. The minimum Gasteiger partial charge on any atom is -0.391 e. The van der Waals surface area contributed by atoms with Gasteiger partial charge in [-0.3, -0.25) is 18.9 Å². The van der Waals surface area contributed by atoms with E-state index in [1.165, 1.54) is 9.13 Å². The number of imidazole rings is 1. The smallest absolute Gasteiger partial charge is 0.332 e. The van der Waals surface area contributed by atoms with Gasteiger partial charge in [-0.2, -0.15) is 0 Å². The number of H-pyrrole nitrogens is 1. The maximum Gasteiger partial charge on any atom is 0.332 e. The van der Waals surface area contributed by atoms with Gasteiger partial charge in [-0.1, -0.05) is 52.6 Å². The molecule has 1 aliphatic rings. The Morgan fingerprint density at radius 3 is 2.57 bits per heavy atom. The first-order valence-electron chi connectivity index (χ1n) is 13.8. The van der Waals surface area contributed by atoms with Crippen molar-refractivity contribution in [3.05, 3.63) is 132 Å². The molecule has 4 heterocycles. The number of hydrogen-bond donors (Lipinski definition) is 1. The van der Waals surface area contributed by atoms with Gasteiger partial charge >= 0.3 is 5.69 Å². The normalized spacial score (nSPS) is 13.1. The Bertz CT molecular complexity index is 2280. The predicted octanol–water partition coefficient (Wildman–Crippen LogP) is 5.07. The average molecular weight is 627 g/mol. The fourth-order valence-corrected chi connectivity index (χ4v) is 6.11. The molecule has 4 aromatic heterocycles. The number of pyridine rings is 1. The molecule has 0 fully saturated rings. The third kappa shape index (κ3) is 4.72. The summed E-state index contributed by atoms with van der Waals surface area (Å²) in [6.45, 7) is 0.270. The zero-order valence-electron chi connectivity index (χ0n) is 23.7. The molecular formula is C32H25Cl2N7O3. The van der Waals surface area contributed by atoms with E-state index in [0.717, 1.165) is 27.6 Å². The van der Waals surface area contributed by atoms with Gasteiger partial charge in [-0.25, -0.2) is 9.78 Å². The zero-order valence-corrected chi connectivity index (χ0v) is 25.2. The first-order chi connectivity index (χ1) is 21.3. The lowest BCUT2D eigenvalue weighted by Gasteiger charge is -2.09. The van der Waals surface area contributed by atoms with E-state index >= 15 is 0 Å². The van der Waals surface area contributed by atoms with Crippen LogP contribution in [0.3, 0.4) is 0 Å². The average Bonchev–Trinajstić information content (AvgIpc) is 3.73. The maximum atomic E-state index is 13.9. The van der Waals surface area contributed by atoms with Crippen molar-refractivity contribution in [2.45, 2.75) is 13.0 Å². The van der Waals surface area contributed by atoms with Gasteiger partial charge in [0.05, 0.1) is 6.54 Å². The first-order valence-corrected chi connectivity index (χ1v) is 14.6. The fraction of sp³-hybridized carbons (Fsp3) is 0.156. The van der Waals surface area contributed by atoms with E-state index in [2.05, 4.69) is 15.1 Å². The number of fused-ring (bicyclic) bond motifs is 3. The second-order valence-electron chi connectivity index (χ2n) is 10.6. The number of aromatic amines is 1. The summed E-state index contributed by atoms with van der Waals surface area (Å²) >= 11 is 12.7. The number of halogens is 2. The molecule has 0 aliphatic heterocycles. The molecule has 7 rings (SSSR count). The van der Waals surface area contributed by atoms with Crippen molar-refractivity contribution >= 4 is 57.1 Å². The molecule has 220 valence electrons. The molecule has 10 nitrogen and oxygen atoms in total. The third-order valence-electron chi connectivity index (χ3n) is 7.84. The number of hydrogen-bond acceptors (Lipinski definition) is 6. The highest BCUT2D eigenvalue weighted by atomic mass is 35.5. The summed E-state index contributed by atoms with van der Waals surface area (Å²) in [5, 5.41) is 6.59. The van der Waals surface area contributed by atoms with Crippen molar-refractivity contribution in [2.75, 3.05) is 6.61 Å². The van der Waals surface area contributed by atoms with Gasteiger partial charge in [0.25, 0.3) is 5.56 Å². The predicted molar refractivity (Wildman–Crippen MR) is 172 cm³/mol. The summed E-state index contributed by atoms with van der Waals surface area (Å²) in [6.07, 6.45) is 6.02. The van der Waals surface area contributed by atoms with Crippen molar-refractivity contribution in [1.82, 2.24) is 28.7 Å². The van der Waals surface area contributed by atoms with Crippen molar-refractivity contribution in [3.63, 3.8) is 0 Å². The summed E-state index contributed by atoms with van der Waals surface area (Å²) in [4.78, 5) is 45.3. The number of nitrogens with one attached hydrogen (secondary N) is 1. The highest BCUT2D eigenvalue weighted by Crippen LogP contribution is 2.31. The van der Waals surface area contributed by atoms with Crippen LogP contribution < -0.4 is 11.2 Å². The second-order valence-corrected chi connectivity index (χ2v) is 11.5. The monoisotopic (exact) mass is 625 g/mol. The quantitative estimate of drug-likeness (QED) is 0.197. The summed E-state index contributed by atoms with van der Waals surface area (Å²) in [7, 11) is 3.31. The molecule has 0 atom stereocenters. The van der Waals surface area contributed by atoms with E-state index in [0.29, 0.717) is 39.3 Å². The lowest BCUT2D eigenvalue weighted by Crippen LogP contribution is -2.39. The van der Waals surface area contributed by atoms with Gasteiger partial charge in [0.1, 0.15) is 6.61 Å². The van der Waals surface area contributed by atoms with Crippen LogP contribution in [-0.4, -0.2) is 41.0 Å². The molecule has 1 N–H and O–H groups in total. The largest absolute Gasteiger partial charge is 0.391 e. The molecule has 0 saturated carbocycles. The molecule has 0 spiro atoms. The Balaban J connectivity index is 1.28. The molecule has 1 aliphatic carbocycles. The topological polar surface area (TPSA) is 112 Å². The van der Waals surface area contributed by atoms with Crippen molar-refractivity contribution < 1.29 is 4.84 Å². The molecular weight excluding hydrogens is 601 g/mol. The van der Waals surface area contributed by atoms with Crippen molar-refractivity contribution in [1.29, 1.82) is 0 Å². The van der Waals surface area contributed by atoms with Crippen LogP contribution in [0.15, 0.2) is 87.3 Å². The van der Waals surface area contributed by atoms with Gasteiger partial charge in [-0.15, -0.1) is 0 Å². The molecule has 0 radical (unpaired) electrons. The lowest BCUT2D eigenvalue weighted by atomic mass is 10.1. The Morgan fingerprint density at radius 2 is 1.80 bits per heavy atom. The molecule has 0 amide bonds. The molecule has 6 aromatic rings. The van der Waals surface area contributed by atoms with Gasteiger partial charge in [0, 0.05) is 58.7 Å². The maximum absolute atomic E-state index is 13.9. The molecule has 0 saturated heterocycles. The van der Waals surface area contributed by atoms with Gasteiger partial charge in [0.15, 0.2) is 22.7 Å². The number of aromatic nitrogens is 6. The summed E-state index contributed by atoms with van der Waals surface area (Å²) in [5.74, 6) is 0.361. The highest BCUT2D eigenvalue weighted by molar-refractivity contribution is 6.35. The van der Waals surface area contributed by atoms with E-state index in [9.17, 15) is 9.59 Å². The van der Waals surface area contributed by atoms with Crippen LogP contribution in [0, 0.1) is 0 Å². The van der Waals surface area contributed by atoms with E-state index in [1.54, 1.807) is 49.3 Å². The van der Waals surface area contributed by atoms with E-state index in [-0.39, 0.29) is 24.3 Å². The van der Waals surface area contributed by atoms with Crippen LogP contribution in [0.1, 0.15) is 28.2 Å². The first kappa shape index (κ1) is 27.9. The van der Waals surface area contributed by atoms with Gasteiger partial charge in [-0.05, 0) is 59.5 Å². The molecule has 2 aromatic carbocycles. The number of rotatable bonds is 7. The summed E-state index contributed by atoms with van der Waals surface area (Å²) in [6, 6.07) is 16.8. The molecule has 12 heteroatoms. The van der Waals surface area contributed by atoms with Crippen LogP contribution >= 0.6 is 23.2 Å². The Kier molecular flexibility index (Phi) is 6.95. The summed E-state index contributed by atoms with van der Waals surface area (Å²) < 4.78 is 4.19. The second kappa shape index (κ2) is 11.0. The third-order valence-corrected chi connectivity index (χ3v) is 8.49. The standard InChI is InChI=1S/C32H25Cl2N7O3/c1-39-28-30(40(2)32(43)41(31(28)42)16-21-15-23-25(34)7-4-8-26(23)36-21)37-29(39)27(19-9-11-35-12-10-19)38-44-17-18-13-20-5-3-6-24(33)22(20)14-18/h3-12,14-15,36H,13,16-17H2,1-2H3/b38-27+. The van der Waals surface area contributed by atoms with Crippen LogP contribution in [0.25, 0.3) is 28.1 Å². The van der Waals surface area contributed by atoms with Crippen LogP contribution in [0.5, 0.6) is 0 Å². The number of nitrogens with zero attached hydrogens (tertiary/aromatic N) is 6. The Labute approximate surface area is 260 Å². The molecule has 44 heavy (non-hydrogen) atoms. The van der Waals surface area contributed by atoms with Crippen molar-refractivity contribution in [2.24, 2.45) is 19.3 Å². The minimum atomic E-state index is -0.498. The van der Waals surface area contributed by atoms with E-state index in [4.69, 9.17) is 33.0 Å². The van der Waals surface area contributed by atoms with Gasteiger partial charge < -0.3 is 14.4 Å². The van der Waals surface area contributed by atoms with Crippen LogP contribution in [0.4, 0.5) is 0 Å². The van der Waals surface area contributed by atoms with Crippen molar-refractivity contribution in [3.8, 4) is 0 Å². The highest BCUT2D eigenvalue weighted by Gasteiger charge is 2.23. The molecule has 0 unspecified atom stereocenters. The van der Waals surface area contributed by atoms with Crippen LogP contribution in [0.2, 0.25) is 10.0 Å². The number of aryl methyl sites for hydroxylation is 2. The SMILES string of the molecule is Cn1c(/C(=N/OCC2=Cc3c(Cl)cccc3C2)c2ccncc2)nc2c1c(=O)n(Cc1cc3c(Cl)cccc3[nH]1)c(=O)n2C. The van der Waals surface area contributed by atoms with Crippen LogP contribution in [-0.2, 0) is 31.9 Å².